The molecule has 2 aromatic carbocycles. The summed E-state index contributed by atoms with van der Waals surface area (Å²) in [5, 5.41) is 2.67. The van der Waals surface area contributed by atoms with E-state index in [0.29, 0.717) is 5.69 Å². The van der Waals surface area contributed by atoms with Crippen LogP contribution in [0.4, 0.5) is 15.8 Å². The maximum absolute atomic E-state index is 12.9. The summed E-state index contributed by atoms with van der Waals surface area (Å²) in [7, 11) is 0. The number of hydrogen-bond acceptors (Lipinski definition) is 2. The minimum Gasteiger partial charge on any atom is -0.325 e. The number of carbonyl (C=O) groups excluding carboxylic acids is 2. The third-order valence-corrected chi connectivity index (χ3v) is 3.66. The molecular weight excluding hydrogens is 307 g/mol. The highest BCUT2D eigenvalue weighted by atomic mass is 19.1. The van der Waals surface area contributed by atoms with Crippen LogP contribution in [0.15, 0.2) is 48.5 Å². The second-order valence-electron chi connectivity index (χ2n) is 5.87. The average molecular weight is 328 g/mol. The number of benzene rings is 2. The van der Waals surface area contributed by atoms with Gasteiger partial charge in [-0.1, -0.05) is 32.0 Å². The molecule has 0 bridgehead atoms. The zero-order valence-corrected chi connectivity index (χ0v) is 14.0. The standard InChI is InChI=1S/C19H21FN2O2/c1-13(2)17-6-4-5-7-18(17)22(14(3)23)12-19(24)21-16-10-8-15(20)9-11-16/h4-11,13H,12H2,1-3H3,(H,21,24). The first-order valence-electron chi connectivity index (χ1n) is 7.81. The van der Waals surface area contributed by atoms with E-state index in [1.807, 2.05) is 38.1 Å². The summed E-state index contributed by atoms with van der Waals surface area (Å²) >= 11 is 0. The third-order valence-electron chi connectivity index (χ3n) is 3.66. The zero-order chi connectivity index (χ0) is 17.7. The highest BCUT2D eigenvalue weighted by molar-refractivity contribution is 6.02. The lowest BCUT2D eigenvalue weighted by Crippen LogP contribution is -2.37. The summed E-state index contributed by atoms with van der Waals surface area (Å²) in [6.07, 6.45) is 0. The van der Waals surface area contributed by atoms with Crippen LogP contribution in [0.3, 0.4) is 0 Å². The predicted molar refractivity (Wildman–Crippen MR) is 93.6 cm³/mol. The molecule has 126 valence electrons. The van der Waals surface area contributed by atoms with Crippen LogP contribution in [-0.4, -0.2) is 18.4 Å². The SMILES string of the molecule is CC(=O)N(CC(=O)Nc1ccc(F)cc1)c1ccccc1C(C)C. The number of anilines is 2. The van der Waals surface area contributed by atoms with Crippen molar-refractivity contribution in [1.29, 1.82) is 0 Å². The number of carbonyl (C=O) groups is 2. The first-order chi connectivity index (χ1) is 11.4. The van der Waals surface area contributed by atoms with Crippen molar-refractivity contribution in [2.75, 3.05) is 16.8 Å². The number of hydrogen-bond donors (Lipinski definition) is 1. The maximum Gasteiger partial charge on any atom is 0.244 e. The molecule has 4 nitrogen and oxygen atoms in total. The van der Waals surface area contributed by atoms with E-state index in [1.54, 1.807) is 0 Å². The first-order valence-corrected chi connectivity index (χ1v) is 7.81. The normalized spacial score (nSPS) is 10.5. The molecule has 0 aliphatic rings. The summed E-state index contributed by atoms with van der Waals surface area (Å²) in [5.74, 6) is -0.694. The van der Waals surface area contributed by atoms with E-state index < -0.39 is 0 Å². The number of amides is 2. The van der Waals surface area contributed by atoms with Crippen molar-refractivity contribution in [1.82, 2.24) is 0 Å². The summed E-state index contributed by atoms with van der Waals surface area (Å²) in [6.45, 7) is 5.41. The van der Waals surface area contributed by atoms with Crippen molar-refractivity contribution in [2.24, 2.45) is 0 Å². The molecule has 0 saturated heterocycles. The molecule has 0 aliphatic heterocycles. The van der Waals surface area contributed by atoms with Crippen molar-refractivity contribution in [3.63, 3.8) is 0 Å². The largest absolute Gasteiger partial charge is 0.325 e. The summed E-state index contributed by atoms with van der Waals surface area (Å²) in [5.41, 5.74) is 2.22. The van der Waals surface area contributed by atoms with Gasteiger partial charge in [-0.15, -0.1) is 0 Å². The van der Waals surface area contributed by atoms with Gasteiger partial charge in [-0.2, -0.15) is 0 Å². The van der Waals surface area contributed by atoms with Crippen LogP contribution in [0.2, 0.25) is 0 Å². The molecule has 0 fully saturated rings. The molecule has 1 N–H and O–H groups in total. The van der Waals surface area contributed by atoms with Crippen LogP contribution >= 0.6 is 0 Å². The van der Waals surface area contributed by atoms with Crippen LogP contribution < -0.4 is 10.2 Å². The topological polar surface area (TPSA) is 49.4 Å². The Labute approximate surface area is 141 Å². The molecule has 0 unspecified atom stereocenters. The highest BCUT2D eigenvalue weighted by Gasteiger charge is 2.19. The van der Waals surface area contributed by atoms with Gasteiger partial charge in [0, 0.05) is 18.3 Å². The second kappa shape index (κ2) is 7.73. The van der Waals surface area contributed by atoms with Gasteiger partial charge in [0.05, 0.1) is 0 Å². The lowest BCUT2D eigenvalue weighted by atomic mass is 10.0. The summed E-state index contributed by atoms with van der Waals surface area (Å²) in [6, 6.07) is 13.0. The number of nitrogens with one attached hydrogen (secondary N) is 1. The lowest BCUT2D eigenvalue weighted by molar-refractivity contribution is -0.120. The van der Waals surface area contributed by atoms with Crippen molar-refractivity contribution >= 4 is 23.2 Å². The number of halogens is 1. The molecule has 0 aromatic heterocycles. The number of rotatable bonds is 5. The molecule has 24 heavy (non-hydrogen) atoms. The molecule has 0 spiro atoms. The average Bonchev–Trinajstić information content (AvgIpc) is 2.54. The van der Waals surface area contributed by atoms with Gasteiger partial charge >= 0.3 is 0 Å². The molecular formula is C19H21FN2O2. The molecule has 0 atom stereocenters. The minimum absolute atomic E-state index is 0.101. The smallest absolute Gasteiger partial charge is 0.244 e. The Morgan fingerprint density at radius 2 is 1.71 bits per heavy atom. The van der Waals surface area contributed by atoms with Gasteiger partial charge in [0.2, 0.25) is 11.8 Å². The van der Waals surface area contributed by atoms with Crippen LogP contribution in [-0.2, 0) is 9.59 Å². The Balaban J connectivity index is 2.18. The molecule has 0 saturated carbocycles. The van der Waals surface area contributed by atoms with Gasteiger partial charge in [-0.05, 0) is 41.8 Å². The Kier molecular flexibility index (Phi) is 5.68. The molecule has 0 radical (unpaired) electrons. The van der Waals surface area contributed by atoms with E-state index in [0.717, 1.165) is 11.3 Å². The molecule has 2 rings (SSSR count). The third kappa shape index (κ3) is 4.41. The second-order valence-corrected chi connectivity index (χ2v) is 5.87. The zero-order valence-electron chi connectivity index (χ0n) is 14.0. The Morgan fingerprint density at radius 1 is 1.08 bits per heavy atom. The Bertz CT molecular complexity index is 726. The van der Waals surface area contributed by atoms with Crippen LogP contribution in [0.25, 0.3) is 0 Å². The van der Waals surface area contributed by atoms with E-state index in [1.165, 1.54) is 36.1 Å². The minimum atomic E-state index is -0.371. The van der Waals surface area contributed by atoms with Crippen LogP contribution in [0, 0.1) is 5.82 Å². The van der Waals surface area contributed by atoms with E-state index in [-0.39, 0.29) is 30.1 Å². The first kappa shape index (κ1) is 17.7. The van der Waals surface area contributed by atoms with Crippen LogP contribution in [0.1, 0.15) is 32.3 Å². The monoisotopic (exact) mass is 328 g/mol. The molecule has 2 aromatic rings. The number of nitrogens with zero attached hydrogens (tertiary/aromatic N) is 1. The summed E-state index contributed by atoms with van der Waals surface area (Å²) < 4.78 is 12.9. The fourth-order valence-corrected chi connectivity index (χ4v) is 2.47. The van der Waals surface area contributed by atoms with Gasteiger partial charge in [0.1, 0.15) is 12.4 Å². The fourth-order valence-electron chi connectivity index (χ4n) is 2.47. The van der Waals surface area contributed by atoms with Gasteiger partial charge < -0.3 is 10.2 Å². The van der Waals surface area contributed by atoms with Crippen molar-refractivity contribution in [3.05, 3.63) is 59.9 Å². The Hall–Kier alpha value is -2.69. The fraction of sp³-hybridized carbons (Fsp3) is 0.263. The van der Waals surface area contributed by atoms with Crippen molar-refractivity contribution in [3.8, 4) is 0 Å². The maximum atomic E-state index is 12.9. The van der Waals surface area contributed by atoms with Crippen molar-refractivity contribution in [2.45, 2.75) is 26.7 Å². The lowest BCUT2D eigenvalue weighted by Gasteiger charge is -2.24. The van der Waals surface area contributed by atoms with Gasteiger partial charge in [0.25, 0.3) is 0 Å². The van der Waals surface area contributed by atoms with E-state index in [2.05, 4.69) is 5.32 Å². The summed E-state index contributed by atoms with van der Waals surface area (Å²) in [4.78, 5) is 25.8. The Morgan fingerprint density at radius 3 is 2.29 bits per heavy atom. The molecule has 0 aliphatic carbocycles. The van der Waals surface area contributed by atoms with Crippen molar-refractivity contribution < 1.29 is 14.0 Å². The predicted octanol–water partition coefficient (Wildman–Crippen LogP) is 3.94. The molecule has 0 heterocycles. The van der Waals surface area contributed by atoms with Gasteiger partial charge in [0.15, 0.2) is 0 Å². The van der Waals surface area contributed by atoms with E-state index in [9.17, 15) is 14.0 Å². The molecule has 5 heteroatoms. The highest BCUT2D eigenvalue weighted by Crippen LogP contribution is 2.27. The van der Waals surface area contributed by atoms with Crippen LogP contribution in [0.5, 0.6) is 0 Å². The van der Waals surface area contributed by atoms with Gasteiger partial charge in [-0.25, -0.2) is 4.39 Å². The quantitative estimate of drug-likeness (QED) is 0.904. The molecule has 2 amide bonds. The van der Waals surface area contributed by atoms with E-state index >= 15 is 0 Å². The van der Waals surface area contributed by atoms with E-state index in [4.69, 9.17) is 0 Å². The van der Waals surface area contributed by atoms with Gasteiger partial charge in [-0.3, -0.25) is 9.59 Å². The number of para-hydroxylation sites is 1.